The predicted octanol–water partition coefficient (Wildman–Crippen LogP) is 2.22. The average Bonchev–Trinajstić information content (AvgIpc) is 2.86. The number of benzene rings is 2. The summed E-state index contributed by atoms with van der Waals surface area (Å²) in [5, 5.41) is 0. The summed E-state index contributed by atoms with van der Waals surface area (Å²) in [4.78, 5) is 6.79. The van der Waals surface area contributed by atoms with Gasteiger partial charge in [-0.05, 0) is 31.2 Å². The van der Waals surface area contributed by atoms with Crippen LogP contribution in [0, 0.1) is 11.6 Å². The van der Waals surface area contributed by atoms with E-state index in [1.54, 1.807) is 25.2 Å². The maximum absolute atomic E-state index is 13.9. The first-order valence-corrected chi connectivity index (χ1v) is 12.8. The van der Waals surface area contributed by atoms with E-state index in [4.69, 9.17) is 15.3 Å². The molecule has 5 N–H and O–H groups in total. The molecule has 2 aromatic rings. The number of nitrogens with two attached hydrogens (primary N) is 1. The smallest absolute Gasteiger partial charge is 0.148 e. The summed E-state index contributed by atoms with van der Waals surface area (Å²) in [6.45, 7) is 10.5. The fourth-order valence-electron chi connectivity index (χ4n) is 4.75. The van der Waals surface area contributed by atoms with Gasteiger partial charge in [-0.1, -0.05) is 6.07 Å². The first-order valence-electron chi connectivity index (χ1n) is 12.8. The highest BCUT2D eigenvalue weighted by Crippen LogP contribution is 2.24. The summed E-state index contributed by atoms with van der Waals surface area (Å²) in [7, 11) is 1.75. The van der Waals surface area contributed by atoms with E-state index in [2.05, 4.69) is 26.1 Å². The van der Waals surface area contributed by atoms with Crippen molar-refractivity contribution in [1.29, 1.82) is 0 Å². The van der Waals surface area contributed by atoms with E-state index >= 15 is 0 Å². The molecular formula is C26H39F2N7O2. The molecule has 5 rings (SSSR count). The van der Waals surface area contributed by atoms with Crippen LogP contribution in [0.3, 0.4) is 0 Å². The maximum atomic E-state index is 13.9. The Morgan fingerprint density at radius 3 is 2.30 bits per heavy atom. The van der Waals surface area contributed by atoms with E-state index in [0.717, 1.165) is 63.7 Å². The van der Waals surface area contributed by atoms with Crippen LogP contribution >= 0.6 is 0 Å². The van der Waals surface area contributed by atoms with Crippen molar-refractivity contribution in [3.63, 3.8) is 0 Å². The number of hydrogen-bond donors (Lipinski definition) is 4. The lowest BCUT2D eigenvalue weighted by molar-refractivity contribution is -0.0774. The van der Waals surface area contributed by atoms with Crippen molar-refractivity contribution in [2.75, 3.05) is 81.9 Å². The average molecular weight is 520 g/mol. The van der Waals surface area contributed by atoms with E-state index in [1.807, 2.05) is 17.9 Å². The minimum atomic E-state index is -0.209. The number of nitrogens with zero attached hydrogens (tertiary/aromatic N) is 3. The topological polar surface area (TPSA) is 90.3 Å². The number of hydrogen-bond acceptors (Lipinski definition) is 9. The molecular weight excluding hydrogens is 480 g/mol. The Kier molecular flexibility index (Phi) is 9.89. The number of halogens is 2. The third kappa shape index (κ3) is 7.50. The summed E-state index contributed by atoms with van der Waals surface area (Å²) >= 11 is 0. The lowest BCUT2D eigenvalue weighted by Crippen LogP contribution is -2.56. The van der Waals surface area contributed by atoms with Gasteiger partial charge in [-0.2, -0.15) is 0 Å². The van der Waals surface area contributed by atoms with Crippen LogP contribution in [-0.2, 0) is 16.0 Å². The molecule has 0 bridgehead atoms. The minimum absolute atomic E-state index is 0.151. The Bertz CT molecular complexity index is 1000. The second-order valence-corrected chi connectivity index (χ2v) is 9.62. The summed E-state index contributed by atoms with van der Waals surface area (Å²) in [6.07, 6.45) is 0.151. The Morgan fingerprint density at radius 1 is 0.973 bits per heavy atom. The van der Waals surface area contributed by atoms with Crippen LogP contribution in [0.1, 0.15) is 12.5 Å². The number of nitrogens with one attached hydrogen (secondary N) is 3. The normalized spacial score (nSPS) is 21.1. The Labute approximate surface area is 217 Å². The van der Waals surface area contributed by atoms with Gasteiger partial charge in [-0.15, -0.1) is 0 Å². The molecule has 1 atom stereocenters. The standard InChI is InChI=1S/C14H21FN4O.C12H18FN3O/c15-14-7-12(17-16)2-1-11(14)8-18-3-5-19(6-4-18)13-9-20-10-13;1-9-8-16(5-6-17-9)12-4-3-10(15-14-2)7-11(12)13/h1-2,7,13,17H,3-6,8-10,16H2;3-4,7,9,14-15H,5-6,8H2,1-2H3. The molecule has 0 radical (unpaired) electrons. The molecule has 3 fully saturated rings. The van der Waals surface area contributed by atoms with Crippen molar-refractivity contribution >= 4 is 17.1 Å². The molecule has 9 nitrogen and oxygen atoms in total. The second kappa shape index (κ2) is 13.3. The highest BCUT2D eigenvalue weighted by atomic mass is 19.1. The molecule has 3 aliphatic rings. The molecule has 204 valence electrons. The van der Waals surface area contributed by atoms with Gasteiger partial charge in [0, 0.05) is 64.5 Å². The highest BCUT2D eigenvalue weighted by molar-refractivity contribution is 5.56. The van der Waals surface area contributed by atoms with Crippen molar-refractivity contribution in [2.45, 2.75) is 25.6 Å². The van der Waals surface area contributed by atoms with Gasteiger partial charge >= 0.3 is 0 Å². The Hall–Kier alpha value is -2.54. The van der Waals surface area contributed by atoms with Crippen LogP contribution in [0.2, 0.25) is 0 Å². The van der Waals surface area contributed by atoms with Gasteiger partial charge in [0.2, 0.25) is 0 Å². The monoisotopic (exact) mass is 519 g/mol. The number of piperazine rings is 1. The summed E-state index contributed by atoms with van der Waals surface area (Å²) in [6, 6.07) is 10.8. The van der Waals surface area contributed by atoms with Crippen LogP contribution in [0.5, 0.6) is 0 Å². The van der Waals surface area contributed by atoms with E-state index in [-0.39, 0.29) is 17.7 Å². The number of ether oxygens (including phenoxy) is 2. The van der Waals surface area contributed by atoms with Crippen LogP contribution in [0.25, 0.3) is 0 Å². The molecule has 0 saturated carbocycles. The van der Waals surface area contributed by atoms with Crippen LogP contribution < -0.4 is 27.0 Å². The van der Waals surface area contributed by atoms with E-state index < -0.39 is 0 Å². The van der Waals surface area contributed by atoms with Crippen molar-refractivity contribution in [1.82, 2.24) is 15.2 Å². The molecule has 3 heterocycles. The molecule has 3 aliphatic heterocycles. The third-order valence-corrected chi connectivity index (χ3v) is 6.96. The number of hydrazine groups is 2. The minimum Gasteiger partial charge on any atom is -0.378 e. The second-order valence-electron chi connectivity index (χ2n) is 9.62. The molecule has 0 aromatic heterocycles. The molecule has 2 aromatic carbocycles. The van der Waals surface area contributed by atoms with Crippen molar-refractivity contribution in [3.05, 3.63) is 53.6 Å². The first-order chi connectivity index (χ1) is 18.0. The summed E-state index contributed by atoms with van der Waals surface area (Å²) in [5.74, 6) is 4.86. The zero-order valence-corrected chi connectivity index (χ0v) is 21.7. The summed E-state index contributed by atoms with van der Waals surface area (Å²) in [5.41, 5.74) is 10.8. The number of anilines is 3. The third-order valence-electron chi connectivity index (χ3n) is 6.96. The van der Waals surface area contributed by atoms with Gasteiger partial charge in [-0.3, -0.25) is 15.6 Å². The van der Waals surface area contributed by atoms with Gasteiger partial charge in [0.25, 0.3) is 0 Å². The van der Waals surface area contributed by atoms with Gasteiger partial charge in [0.05, 0.1) is 49.0 Å². The fourth-order valence-corrected chi connectivity index (χ4v) is 4.75. The number of rotatable bonds is 7. The van der Waals surface area contributed by atoms with Crippen LogP contribution in [0.4, 0.5) is 25.8 Å². The van der Waals surface area contributed by atoms with Gasteiger partial charge in [0.15, 0.2) is 0 Å². The van der Waals surface area contributed by atoms with Crippen molar-refractivity contribution in [2.24, 2.45) is 5.84 Å². The van der Waals surface area contributed by atoms with Crippen molar-refractivity contribution in [3.8, 4) is 0 Å². The van der Waals surface area contributed by atoms with Gasteiger partial charge in [-0.25, -0.2) is 14.2 Å². The van der Waals surface area contributed by atoms with E-state index in [9.17, 15) is 8.78 Å². The largest absolute Gasteiger partial charge is 0.378 e. The molecule has 0 spiro atoms. The zero-order chi connectivity index (χ0) is 26.2. The SMILES string of the molecule is CNNc1ccc(N2CCOC(C)C2)c(F)c1.NNc1ccc(CN2CCN(C3COC3)CC2)c(F)c1. The van der Waals surface area contributed by atoms with E-state index in [0.29, 0.717) is 30.6 Å². The first kappa shape index (κ1) is 27.5. The van der Waals surface area contributed by atoms with E-state index in [1.165, 1.54) is 12.1 Å². The lowest BCUT2D eigenvalue weighted by Gasteiger charge is -2.42. The molecule has 11 heteroatoms. The maximum Gasteiger partial charge on any atom is 0.148 e. The molecule has 37 heavy (non-hydrogen) atoms. The lowest BCUT2D eigenvalue weighted by atomic mass is 10.1. The molecule has 3 saturated heterocycles. The number of nitrogen functional groups attached to an aromatic ring is 1. The number of morpholine rings is 1. The Morgan fingerprint density at radius 2 is 1.70 bits per heavy atom. The predicted molar refractivity (Wildman–Crippen MR) is 142 cm³/mol. The van der Waals surface area contributed by atoms with Crippen LogP contribution in [0.15, 0.2) is 36.4 Å². The van der Waals surface area contributed by atoms with Gasteiger partial charge in [0.1, 0.15) is 11.6 Å². The highest BCUT2D eigenvalue weighted by Gasteiger charge is 2.29. The molecule has 0 aliphatic carbocycles. The summed E-state index contributed by atoms with van der Waals surface area (Å²) < 4.78 is 38.5. The van der Waals surface area contributed by atoms with Crippen LogP contribution in [-0.4, -0.2) is 88.1 Å². The van der Waals surface area contributed by atoms with Crippen molar-refractivity contribution < 1.29 is 18.3 Å². The quantitative estimate of drug-likeness (QED) is 0.325. The Balaban J connectivity index is 0.000000176. The molecule has 0 amide bonds. The molecule has 1 unspecified atom stereocenters. The zero-order valence-electron chi connectivity index (χ0n) is 21.7. The van der Waals surface area contributed by atoms with Gasteiger partial charge < -0.3 is 25.2 Å². The fraction of sp³-hybridized carbons (Fsp3) is 0.538.